The van der Waals surface area contributed by atoms with Gasteiger partial charge in [-0.3, -0.25) is 4.79 Å². The van der Waals surface area contributed by atoms with E-state index in [9.17, 15) is 27.5 Å². The Balaban J connectivity index is 1.69. The van der Waals surface area contributed by atoms with Gasteiger partial charge >= 0.3 is 0 Å². The van der Waals surface area contributed by atoms with Gasteiger partial charge in [-0.1, -0.05) is 12.1 Å². The number of unbranched alkanes of at least 4 members (excludes halogenated alkanes) is 1. The number of carbonyl (C=O) groups excluding carboxylic acids is 1. The number of alkyl halides is 2. The zero-order chi connectivity index (χ0) is 28.5. The summed E-state index contributed by atoms with van der Waals surface area (Å²) in [7, 11) is 1.82. The third kappa shape index (κ3) is 8.89. The van der Waals surface area contributed by atoms with Gasteiger partial charge in [-0.05, 0) is 89.8 Å². The Morgan fingerprint density at radius 3 is 2.67 bits per heavy atom. The number of hydrogen-bond acceptors (Lipinski definition) is 4. The van der Waals surface area contributed by atoms with Crippen LogP contribution in [-0.2, 0) is 15.1 Å². The molecule has 9 heteroatoms. The highest BCUT2D eigenvalue weighted by Gasteiger charge is 2.43. The summed E-state index contributed by atoms with van der Waals surface area (Å²) in [5.41, 5.74) is -1.67. The fraction of sp³-hybridized carbons (Fsp3) is 0.767. The van der Waals surface area contributed by atoms with Crippen LogP contribution < -0.4 is 5.32 Å². The third-order valence-corrected chi connectivity index (χ3v) is 8.63. The number of benzene rings is 1. The first-order valence-electron chi connectivity index (χ1n) is 14.6. The number of piperidine rings is 1. The van der Waals surface area contributed by atoms with Crippen molar-refractivity contribution in [1.29, 1.82) is 0 Å². The third-order valence-electron chi connectivity index (χ3n) is 8.63. The van der Waals surface area contributed by atoms with Crippen LogP contribution in [0.3, 0.4) is 0 Å². The van der Waals surface area contributed by atoms with Crippen molar-refractivity contribution >= 4 is 5.91 Å². The van der Waals surface area contributed by atoms with Gasteiger partial charge < -0.3 is 20.1 Å². The Morgan fingerprint density at radius 2 is 1.97 bits per heavy atom. The Bertz CT molecular complexity index is 908. The summed E-state index contributed by atoms with van der Waals surface area (Å²) in [6.07, 6.45) is 4.52. The van der Waals surface area contributed by atoms with Crippen molar-refractivity contribution in [1.82, 2.24) is 10.2 Å². The van der Waals surface area contributed by atoms with Gasteiger partial charge in [-0.2, -0.15) is 0 Å². The lowest BCUT2D eigenvalue weighted by Gasteiger charge is -2.43. The van der Waals surface area contributed by atoms with E-state index in [1.807, 2.05) is 14.0 Å². The molecule has 2 aliphatic rings. The Kier molecular flexibility index (Phi) is 12.1. The normalized spacial score (nSPS) is 22.4. The summed E-state index contributed by atoms with van der Waals surface area (Å²) >= 11 is 0. The maximum atomic E-state index is 15.0. The zero-order valence-electron chi connectivity index (χ0n) is 23.5. The van der Waals surface area contributed by atoms with E-state index in [1.54, 1.807) is 4.90 Å². The SMILES string of the molecule is CCOCCCC[C@@](O)(c1cccc(F)c1F)[C@@H]1CCCN(C(=O)C[C@H](CNC)CC2CCC(F)(F)CC2)C1. The molecule has 3 rings (SSSR count). The molecule has 1 amide bonds. The molecule has 0 spiro atoms. The first-order chi connectivity index (χ1) is 18.6. The smallest absolute Gasteiger partial charge is 0.248 e. The summed E-state index contributed by atoms with van der Waals surface area (Å²) < 4.78 is 61.8. The van der Waals surface area contributed by atoms with Crippen molar-refractivity contribution in [2.75, 3.05) is 39.9 Å². The molecule has 0 bridgehead atoms. The van der Waals surface area contributed by atoms with E-state index in [1.165, 1.54) is 12.1 Å². The van der Waals surface area contributed by atoms with Gasteiger partial charge in [0.2, 0.25) is 11.8 Å². The molecule has 222 valence electrons. The van der Waals surface area contributed by atoms with Crippen molar-refractivity contribution < 1.29 is 32.2 Å². The second-order valence-electron chi connectivity index (χ2n) is 11.5. The largest absolute Gasteiger partial charge is 0.385 e. The van der Waals surface area contributed by atoms with Gasteiger partial charge in [-0.25, -0.2) is 17.6 Å². The van der Waals surface area contributed by atoms with Crippen LogP contribution in [0.15, 0.2) is 18.2 Å². The summed E-state index contributed by atoms with van der Waals surface area (Å²) in [6, 6.07) is 3.90. The second kappa shape index (κ2) is 14.8. The van der Waals surface area contributed by atoms with E-state index >= 15 is 0 Å². The minimum absolute atomic E-state index is 0.0257. The van der Waals surface area contributed by atoms with Crippen molar-refractivity contribution in [2.45, 2.75) is 89.1 Å². The second-order valence-corrected chi connectivity index (χ2v) is 11.5. The van der Waals surface area contributed by atoms with Crippen molar-refractivity contribution in [2.24, 2.45) is 17.8 Å². The monoisotopic (exact) mass is 558 g/mol. The van der Waals surface area contributed by atoms with Crippen molar-refractivity contribution in [3.8, 4) is 0 Å². The zero-order valence-corrected chi connectivity index (χ0v) is 23.5. The van der Waals surface area contributed by atoms with Crippen molar-refractivity contribution in [3.05, 3.63) is 35.4 Å². The standard InChI is InChI=1S/C30H46F4N2O3/c1-3-39-17-5-4-13-30(38,25-9-6-10-26(31)28(25)32)24-8-7-16-36(21-24)27(37)19-23(20-35-2)18-22-11-14-29(33,34)15-12-22/h6,9-10,22-24,35,38H,3-5,7-8,11-21H2,1-2H3/t23-,24-,30+/m1/s1. The van der Waals surface area contributed by atoms with Crippen LogP contribution in [0.2, 0.25) is 0 Å². The van der Waals surface area contributed by atoms with Crippen LogP contribution in [0.1, 0.15) is 83.1 Å². The highest BCUT2D eigenvalue weighted by Crippen LogP contribution is 2.42. The molecule has 2 fully saturated rings. The number of aliphatic hydroxyl groups is 1. The highest BCUT2D eigenvalue weighted by atomic mass is 19.3. The summed E-state index contributed by atoms with van der Waals surface area (Å²) in [6.45, 7) is 4.44. The molecular weight excluding hydrogens is 512 g/mol. The molecule has 1 aliphatic carbocycles. The fourth-order valence-electron chi connectivity index (χ4n) is 6.44. The summed E-state index contributed by atoms with van der Waals surface area (Å²) in [5, 5.41) is 15.1. The lowest BCUT2D eigenvalue weighted by atomic mass is 9.73. The van der Waals surface area contributed by atoms with Crippen LogP contribution in [-0.4, -0.2) is 61.7 Å². The van der Waals surface area contributed by atoms with E-state index in [0.717, 1.165) is 12.5 Å². The quantitative estimate of drug-likeness (QED) is 0.216. The predicted molar refractivity (Wildman–Crippen MR) is 143 cm³/mol. The highest BCUT2D eigenvalue weighted by molar-refractivity contribution is 5.76. The molecule has 39 heavy (non-hydrogen) atoms. The van der Waals surface area contributed by atoms with Crippen molar-refractivity contribution in [3.63, 3.8) is 0 Å². The number of amides is 1. The Morgan fingerprint density at radius 1 is 1.23 bits per heavy atom. The first-order valence-corrected chi connectivity index (χ1v) is 14.6. The van der Waals surface area contributed by atoms with Crippen LogP contribution in [0.4, 0.5) is 17.6 Å². The minimum Gasteiger partial charge on any atom is -0.385 e. The summed E-state index contributed by atoms with van der Waals surface area (Å²) in [5.74, 6) is -4.89. The van der Waals surface area contributed by atoms with E-state index in [-0.39, 0.29) is 49.1 Å². The van der Waals surface area contributed by atoms with Crippen LogP contribution >= 0.6 is 0 Å². The van der Waals surface area contributed by atoms with E-state index in [4.69, 9.17) is 4.74 Å². The number of nitrogens with one attached hydrogen (secondary N) is 1. The number of halogens is 4. The number of rotatable bonds is 14. The van der Waals surface area contributed by atoms with E-state index in [0.29, 0.717) is 71.2 Å². The molecular formula is C30H46F4N2O3. The number of nitrogens with zero attached hydrogens (tertiary/aromatic N) is 1. The first kappa shape index (κ1) is 31.8. The molecule has 1 heterocycles. The number of likely N-dealkylation sites (tertiary alicyclic amines) is 1. The molecule has 1 aromatic carbocycles. The molecule has 0 radical (unpaired) electrons. The average molecular weight is 559 g/mol. The molecule has 1 aromatic rings. The average Bonchev–Trinajstić information content (AvgIpc) is 2.91. The molecule has 3 atom stereocenters. The van der Waals surface area contributed by atoms with Gasteiger partial charge in [-0.15, -0.1) is 0 Å². The van der Waals surface area contributed by atoms with Gasteiger partial charge in [0, 0.05) is 57.0 Å². The molecule has 0 aromatic heterocycles. The molecule has 5 nitrogen and oxygen atoms in total. The van der Waals surface area contributed by atoms with E-state index in [2.05, 4.69) is 5.32 Å². The number of hydrogen-bond donors (Lipinski definition) is 2. The van der Waals surface area contributed by atoms with Gasteiger partial charge in [0.25, 0.3) is 0 Å². The van der Waals surface area contributed by atoms with Crippen LogP contribution in [0.5, 0.6) is 0 Å². The minimum atomic E-state index is -2.57. The number of carbonyl (C=O) groups is 1. The van der Waals surface area contributed by atoms with Gasteiger partial charge in [0.05, 0.1) is 5.60 Å². The van der Waals surface area contributed by atoms with Gasteiger partial charge in [0.15, 0.2) is 11.6 Å². The lowest BCUT2D eigenvalue weighted by molar-refractivity contribution is -0.138. The molecule has 1 saturated carbocycles. The maximum Gasteiger partial charge on any atom is 0.248 e. The Hall–Kier alpha value is -1.71. The van der Waals surface area contributed by atoms with Crippen LogP contribution in [0, 0.1) is 29.4 Å². The molecule has 1 aliphatic heterocycles. The topological polar surface area (TPSA) is 61.8 Å². The van der Waals surface area contributed by atoms with Crippen LogP contribution in [0.25, 0.3) is 0 Å². The number of ether oxygens (including phenoxy) is 1. The summed E-state index contributed by atoms with van der Waals surface area (Å²) in [4.78, 5) is 15.2. The lowest BCUT2D eigenvalue weighted by Crippen LogP contribution is -2.49. The van der Waals surface area contributed by atoms with E-state index < -0.39 is 29.1 Å². The predicted octanol–water partition coefficient (Wildman–Crippen LogP) is 6.04. The maximum absolute atomic E-state index is 15.0. The molecule has 2 N–H and O–H groups in total. The molecule has 0 unspecified atom stereocenters. The molecule has 1 saturated heterocycles. The fourth-order valence-corrected chi connectivity index (χ4v) is 6.44. The Labute approximate surface area is 230 Å². The van der Waals surface area contributed by atoms with Gasteiger partial charge in [0.1, 0.15) is 0 Å².